The highest BCUT2D eigenvalue weighted by atomic mass is 32.2. The van der Waals surface area contributed by atoms with Crippen molar-refractivity contribution >= 4 is 29.9 Å². The van der Waals surface area contributed by atoms with Crippen LogP contribution >= 0.6 is 11.8 Å². The Hall–Kier alpha value is -1.04. The van der Waals surface area contributed by atoms with E-state index in [1.165, 1.54) is 12.8 Å². The highest BCUT2D eigenvalue weighted by molar-refractivity contribution is 8.00. The fourth-order valence-electron chi connectivity index (χ4n) is 2.79. The lowest BCUT2D eigenvalue weighted by Crippen LogP contribution is -2.40. The van der Waals surface area contributed by atoms with Crippen molar-refractivity contribution in [2.45, 2.75) is 51.7 Å². The quantitative estimate of drug-likeness (QED) is 0.634. The van der Waals surface area contributed by atoms with Crippen molar-refractivity contribution in [2.24, 2.45) is 17.3 Å². The zero-order chi connectivity index (χ0) is 16.8. The van der Waals surface area contributed by atoms with Gasteiger partial charge in [-0.3, -0.25) is 9.59 Å². The van der Waals surface area contributed by atoms with Crippen molar-refractivity contribution in [3.8, 4) is 0 Å². The summed E-state index contributed by atoms with van der Waals surface area (Å²) in [7, 11) is 0. The maximum absolute atomic E-state index is 12.2. The molecule has 5 nitrogen and oxygen atoms in total. The lowest BCUT2D eigenvalue weighted by atomic mass is 9.93. The second-order valence-corrected chi connectivity index (χ2v) is 7.99. The molecule has 2 N–H and O–H groups in total. The van der Waals surface area contributed by atoms with Crippen molar-refractivity contribution in [2.75, 3.05) is 12.3 Å². The zero-order valence-electron chi connectivity index (χ0n) is 13.6. The standard InChI is InChI=1S/C16H27NO4S/c1-11(15(21)17-8-13(19)20)14(12-6-4-5-7-12)22-10-16(2,3)9-18/h9,11-12,14H,4-8,10H2,1-3H3,(H,17,21)(H,19,20). The molecule has 6 heteroatoms. The minimum Gasteiger partial charge on any atom is -0.480 e. The Bertz CT molecular complexity index is 405. The lowest BCUT2D eigenvalue weighted by molar-refractivity contribution is -0.138. The molecule has 0 aromatic heterocycles. The number of carbonyl (C=O) groups is 3. The molecule has 1 aliphatic rings. The third-order valence-electron chi connectivity index (χ3n) is 4.15. The Morgan fingerprint density at radius 1 is 1.36 bits per heavy atom. The molecule has 0 aromatic rings. The Kier molecular flexibility index (Phi) is 7.39. The van der Waals surface area contributed by atoms with Crippen molar-refractivity contribution in [3.63, 3.8) is 0 Å². The number of nitrogens with one attached hydrogen (secondary N) is 1. The van der Waals surface area contributed by atoms with Gasteiger partial charge in [0.2, 0.25) is 5.91 Å². The predicted molar refractivity (Wildman–Crippen MR) is 87.9 cm³/mol. The van der Waals surface area contributed by atoms with Gasteiger partial charge in [-0.15, -0.1) is 0 Å². The molecular weight excluding hydrogens is 302 g/mol. The number of rotatable bonds is 9. The molecule has 0 spiro atoms. The normalized spacial score (nSPS) is 18.7. The van der Waals surface area contributed by atoms with E-state index < -0.39 is 11.4 Å². The first-order valence-corrected chi connectivity index (χ1v) is 8.89. The number of amides is 1. The molecule has 0 aromatic carbocycles. The molecule has 0 radical (unpaired) electrons. The average molecular weight is 329 g/mol. The van der Waals surface area contributed by atoms with Gasteiger partial charge in [0.05, 0.1) is 0 Å². The van der Waals surface area contributed by atoms with E-state index >= 15 is 0 Å². The molecule has 0 heterocycles. The van der Waals surface area contributed by atoms with Gasteiger partial charge in [0.15, 0.2) is 0 Å². The van der Waals surface area contributed by atoms with Gasteiger partial charge in [0.1, 0.15) is 12.8 Å². The second kappa shape index (κ2) is 8.56. The molecule has 1 rings (SSSR count). The van der Waals surface area contributed by atoms with E-state index in [1.54, 1.807) is 11.8 Å². The first-order valence-electron chi connectivity index (χ1n) is 7.84. The van der Waals surface area contributed by atoms with E-state index in [1.807, 2.05) is 20.8 Å². The number of aliphatic carboxylic acids is 1. The molecule has 1 aliphatic carbocycles. The number of hydrogen-bond acceptors (Lipinski definition) is 4. The Morgan fingerprint density at radius 3 is 2.45 bits per heavy atom. The zero-order valence-corrected chi connectivity index (χ0v) is 14.4. The SMILES string of the molecule is CC(C(=O)NCC(=O)O)C(SCC(C)(C)C=O)C1CCCC1. The Morgan fingerprint density at radius 2 is 1.95 bits per heavy atom. The predicted octanol–water partition coefficient (Wildman–Crippen LogP) is 2.34. The number of thioether (sulfide) groups is 1. The van der Waals surface area contributed by atoms with Crippen LogP contribution in [0.15, 0.2) is 0 Å². The number of carboxylic acid groups (broad SMARTS) is 1. The van der Waals surface area contributed by atoms with Gasteiger partial charge in [-0.1, -0.05) is 33.6 Å². The van der Waals surface area contributed by atoms with E-state index in [4.69, 9.17) is 5.11 Å². The summed E-state index contributed by atoms with van der Waals surface area (Å²) in [5.41, 5.74) is -0.404. The molecule has 1 amide bonds. The summed E-state index contributed by atoms with van der Waals surface area (Å²) in [6.45, 7) is 5.31. The Balaban J connectivity index is 2.69. The molecule has 0 saturated heterocycles. The first-order chi connectivity index (χ1) is 10.3. The summed E-state index contributed by atoms with van der Waals surface area (Å²) in [5.74, 6) is -0.356. The topological polar surface area (TPSA) is 83.5 Å². The maximum atomic E-state index is 12.2. The summed E-state index contributed by atoms with van der Waals surface area (Å²) in [4.78, 5) is 33.9. The van der Waals surface area contributed by atoms with Crippen LogP contribution in [0.1, 0.15) is 46.5 Å². The number of carbonyl (C=O) groups excluding carboxylic acids is 2. The third-order valence-corrected chi connectivity index (χ3v) is 6.24. The molecule has 0 bridgehead atoms. The van der Waals surface area contributed by atoms with Gasteiger partial charge in [-0.25, -0.2) is 0 Å². The van der Waals surface area contributed by atoms with Gasteiger partial charge < -0.3 is 15.2 Å². The van der Waals surface area contributed by atoms with Crippen LogP contribution in [0.4, 0.5) is 0 Å². The average Bonchev–Trinajstić information content (AvgIpc) is 2.98. The van der Waals surface area contributed by atoms with Gasteiger partial charge in [0, 0.05) is 22.3 Å². The van der Waals surface area contributed by atoms with Crippen LogP contribution in [0.5, 0.6) is 0 Å². The third kappa shape index (κ3) is 5.99. The van der Waals surface area contributed by atoms with Crippen molar-refractivity contribution in [1.29, 1.82) is 0 Å². The molecule has 22 heavy (non-hydrogen) atoms. The number of aldehydes is 1. The van der Waals surface area contributed by atoms with Gasteiger partial charge >= 0.3 is 5.97 Å². The van der Waals surface area contributed by atoms with E-state index in [0.29, 0.717) is 11.7 Å². The minimum atomic E-state index is -1.03. The van der Waals surface area contributed by atoms with Crippen LogP contribution in [0.25, 0.3) is 0 Å². The Labute approximate surface area is 136 Å². The first kappa shape index (κ1) is 19.0. The highest BCUT2D eigenvalue weighted by Gasteiger charge is 2.34. The summed E-state index contributed by atoms with van der Waals surface area (Å²) in [6, 6.07) is 0. The molecule has 1 fully saturated rings. The molecule has 1 saturated carbocycles. The fourth-order valence-corrected chi connectivity index (χ4v) is 4.44. The monoisotopic (exact) mass is 329 g/mol. The van der Waals surface area contributed by atoms with Gasteiger partial charge in [0.25, 0.3) is 0 Å². The van der Waals surface area contributed by atoms with Crippen molar-refractivity contribution in [1.82, 2.24) is 5.32 Å². The van der Waals surface area contributed by atoms with E-state index in [0.717, 1.165) is 19.1 Å². The van der Waals surface area contributed by atoms with E-state index in [9.17, 15) is 14.4 Å². The molecule has 2 unspecified atom stereocenters. The maximum Gasteiger partial charge on any atom is 0.322 e. The van der Waals surface area contributed by atoms with Gasteiger partial charge in [-0.2, -0.15) is 11.8 Å². The van der Waals surface area contributed by atoms with Gasteiger partial charge in [-0.05, 0) is 18.8 Å². The van der Waals surface area contributed by atoms with Crippen LogP contribution in [0, 0.1) is 17.3 Å². The molecule has 126 valence electrons. The van der Waals surface area contributed by atoms with E-state index in [-0.39, 0.29) is 23.6 Å². The summed E-state index contributed by atoms with van der Waals surface area (Å²) >= 11 is 1.68. The van der Waals surface area contributed by atoms with Crippen LogP contribution in [-0.4, -0.2) is 40.8 Å². The molecule has 2 atom stereocenters. The summed E-state index contributed by atoms with van der Waals surface area (Å²) in [6.07, 6.45) is 5.54. The van der Waals surface area contributed by atoms with Crippen LogP contribution in [-0.2, 0) is 14.4 Å². The summed E-state index contributed by atoms with van der Waals surface area (Å²) in [5, 5.41) is 11.3. The molecule has 0 aliphatic heterocycles. The number of hydrogen-bond donors (Lipinski definition) is 2. The fraction of sp³-hybridized carbons (Fsp3) is 0.812. The second-order valence-electron chi connectivity index (χ2n) is 6.83. The smallest absolute Gasteiger partial charge is 0.322 e. The van der Waals surface area contributed by atoms with Crippen molar-refractivity contribution in [3.05, 3.63) is 0 Å². The van der Waals surface area contributed by atoms with Crippen LogP contribution < -0.4 is 5.32 Å². The minimum absolute atomic E-state index is 0.135. The van der Waals surface area contributed by atoms with Crippen molar-refractivity contribution < 1.29 is 19.5 Å². The van der Waals surface area contributed by atoms with Crippen LogP contribution in [0.3, 0.4) is 0 Å². The highest BCUT2D eigenvalue weighted by Crippen LogP contribution is 2.39. The van der Waals surface area contributed by atoms with Crippen LogP contribution in [0.2, 0.25) is 0 Å². The van der Waals surface area contributed by atoms with E-state index in [2.05, 4.69) is 5.32 Å². The lowest BCUT2D eigenvalue weighted by Gasteiger charge is -2.30. The number of carboxylic acids is 1. The summed E-state index contributed by atoms with van der Waals surface area (Å²) < 4.78 is 0. The largest absolute Gasteiger partial charge is 0.480 e. The molecular formula is C16H27NO4S.